The molecule has 0 radical (unpaired) electrons. The number of hydrogen-bond acceptors (Lipinski definition) is 1. The van der Waals surface area contributed by atoms with Crippen LogP contribution in [-0.2, 0) is 14.3 Å². The zero-order valence-corrected chi connectivity index (χ0v) is 19.6. The average molecular weight is 376 g/mol. The second kappa shape index (κ2) is 7.99. The van der Waals surface area contributed by atoms with Crippen LogP contribution >= 0.6 is 24.8 Å². The molecule has 0 aliphatic carbocycles. The third-order valence-electron chi connectivity index (χ3n) is 3.85. The van der Waals surface area contributed by atoms with Crippen LogP contribution in [0.3, 0.4) is 0 Å². The molecule has 1 N–H and O–H groups in total. The van der Waals surface area contributed by atoms with Crippen molar-refractivity contribution in [3.8, 4) is 0 Å². The normalized spacial score (nSPS) is 13.8. The Bertz CT molecular complexity index is 461. The van der Waals surface area contributed by atoms with Crippen LogP contribution in [0, 0.1) is 0 Å². The first-order valence-electron chi connectivity index (χ1n) is 6.85. The Labute approximate surface area is 142 Å². The van der Waals surface area contributed by atoms with Gasteiger partial charge in [0.1, 0.15) is 0 Å². The van der Waals surface area contributed by atoms with Gasteiger partial charge >= 0.3 is 118 Å². The molecule has 0 amide bonds. The molecule has 5 heteroatoms. The zero-order valence-electron chi connectivity index (χ0n) is 15.0. The molecule has 0 aromatic carbocycles. The Morgan fingerprint density at radius 3 is 1.45 bits per heavy atom. The van der Waals surface area contributed by atoms with Gasteiger partial charge in [-0.05, 0) is 0 Å². The molecule has 0 saturated heterocycles. The Hall–Kier alpha value is 0.951. The third-order valence-corrected chi connectivity index (χ3v) is 13.5. The summed E-state index contributed by atoms with van der Waals surface area (Å²) in [5.74, 6) is 0. The minimum atomic E-state index is -2.71. The molecule has 0 aromatic rings. The van der Waals surface area contributed by atoms with Crippen molar-refractivity contribution in [3.63, 3.8) is 0 Å². The standard InChI is InChI=1S/C9H15.C4H10N.2CH3.2ClH.H2Si.Ti/c1-6-8(4)9(5)7(2)3;1-4(2,3)5;;;;;;/h1-5H3;5H,1-3H3;2*1H3;2*1H;1H2;/q;-1;;;;;;+1. The minimum absolute atomic E-state index is 0. The van der Waals surface area contributed by atoms with E-state index in [9.17, 15) is 0 Å². The number of nitrogens with one attached hydrogen (secondary N) is 1. The summed E-state index contributed by atoms with van der Waals surface area (Å²) in [5.41, 5.74) is 4.55. The molecule has 0 heterocycles. The van der Waals surface area contributed by atoms with Gasteiger partial charge in [0.05, 0.1) is 0 Å². The van der Waals surface area contributed by atoms with Crippen molar-refractivity contribution in [2.24, 2.45) is 0 Å². The average Bonchev–Trinajstić information content (AvgIpc) is 2.09. The molecule has 0 saturated carbocycles. The monoisotopic (exact) mass is 375 g/mol. The van der Waals surface area contributed by atoms with Gasteiger partial charge in [-0.2, -0.15) is 0 Å². The molecule has 0 unspecified atom stereocenters. The molecular weight excluding hydrogens is 341 g/mol. The fourth-order valence-corrected chi connectivity index (χ4v) is 12.1. The molecule has 0 aromatic heterocycles. The van der Waals surface area contributed by atoms with E-state index in [2.05, 4.69) is 77.3 Å². The summed E-state index contributed by atoms with van der Waals surface area (Å²) >= 11 is -2.71. The van der Waals surface area contributed by atoms with Gasteiger partial charge in [-0.25, -0.2) is 0 Å². The molecule has 0 aliphatic rings. The summed E-state index contributed by atoms with van der Waals surface area (Å²) in [5, 5.41) is 4.97. The van der Waals surface area contributed by atoms with E-state index in [1.54, 1.807) is 3.88 Å². The van der Waals surface area contributed by atoms with Gasteiger partial charge in [0, 0.05) is 0 Å². The second-order valence-electron chi connectivity index (χ2n) is 7.94. The molecule has 0 spiro atoms. The first-order chi connectivity index (χ1) is 7.66. The Kier molecular flexibility index (Phi) is 10.3. The molecule has 20 heavy (non-hydrogen) atoms. The third kappa shape index (κ3) is 7.82. The molecular formula is C15H35Cl2NSiTi. The smallest absolute Gasteiger partial charge is 0.147 e. The fourth-order valence-electron chi connectivity index (χ4n) is 2.55. The second-order valence-corrected chi connectivity index (χ2v) is 26.6. The van der Waals surface area contributed by atoms with Crippen molar-refractivity contribution < 1.29 is 14.3 Å². The summed E-state index contributed by atoms with van der Waals surface area (Å²) in [4.78, 5) is 0. The van der Waals surface area contributed by atoms with Gasteiger partial charge in [-0.3, -0.25) is 0 Å². The number of halogens is 2. The maximum atomic E-state index is 3.97. The van der Waals surface area contributed by atoms with Crippen LogP contribution in [-0.4, -0.2) is 13.2 Å². The van der Waals surface area contributed by atoms with E-state index in [0.717, 1.165) is 0 Å². The topological polar surface area (TPSA) is 12.0 Å². The van der Waals surface area contributed by atoms with Crippen LogP contribution in [0.5, 0.6) is 0 Å². The van der Waals surface area contributed by atoms with Crippen LogP contribution in [0.25, 0.3) is 0 Å². The Morgan fingerprint density at radius 2 is 1.20 bits per heavy atom. The van der Waals surface area contributed by atoms with E-state index < -0.39 is 14.3 Å². The number of rotatable bonds is 3. The molecule has 122 valence electrons. The maximum Gasteiger partial charge on any atom is -0.147 e. The summed E-state index contributed by atoms with van der Waals surface area (Å²) in [6, 6.07) is 0. The summed E-state index contributed by atoms with van der Waals surface area (Å²) in [6.45, 7) is 18.1. The van der Waals surface area contributed by atoms with E-state index in [1.165, 1.54) is 16.7 Å². The molecule has 1 nitrogen and oxygen atoms in total. The van der Waals surface area contributed by atoms with Gasteiger partial charge in [0.15, 0.2) is 0 Å². The molecule has 0 atom stereocenters. The Morgan fingerprint density at radius 1 is 0.850 bits per heavy atom. The summed E-state index contributed by atoms with van der Waals surface area (Å²) in [7, 11) is 2.23. The van der Waals surface area contributed by atoms with E-state index in [4.69, 9.17) is 0 Å². The molecule has 0 aliphatic heterocycles. The Balaban J connectivity index is -0.00000144. The largest absolute Gasteiger partial charge is 0.147 e. The van der Waals surface area contributed by atoms with Gasteiger partial charge in [-0.1, -0.05) is 0 Å². The van der Waals surface area contributed by atoms with Crippen molar-refractivity contribution >= 4 is 32.4 Å². The first kappa shape index (κ1) is 25.9. The van der Waals surface area contributed by atoms with Crippen LogP contribution in [0.2, 0.25) is 10.5 Å². The van der Waals surface area contributed by atoms with Gasteiger partial charge in [-0.15, -0.1) is 24.8 Å². The van der Waals surface area contributed by atoms with Gasteiger partial charge in [0.25, 0.3) is 0 Å². The van der Waals surface area contributed by atoms with Crippen molar-refractivity contribution in [1.82, 2.24) is 3.80 Å². The van der Waals surface area contributed by atoms with E-state index in [1.807, 2.05) is 0 Å². The number of hydrogen-bond donors (Lipinski definition) is 1. The summed E-state index contributed by atoms with van der Waals surface area (Å²) < 4.78 is 5.58. The van der Waals surface area contributed by atoms with Crippen LogP contribution < -0.4 is 3.80 Å². The quantitative estimate of drug-likeness (QED) is 0.533. The zero-order chi connectivity index (χ0) is 15.0. The van der Waals surface area contributed by atoms with E-state index >= 15 is 0 Å². The number of allylic oxidation sites excluding steroid dienone is 4. The van der Waals surface area contributed by atoms with Crippen LogP contribution in [0.1, 0.15) is 55.4 Å². The fraction of sp³-hybridized carbons (Fsp3) is 0.733. The van der Waals surface area contributed by atoms with E-state index in [-0.39, 0.29) is 30.4 Å². The van der Waals surface area contributed by atoms with Crippen molar-refractivity contribution in [2.75, 3.05) is 0 Å². The van der Waals surface area contributed by atoms with Crippen LogP contribution in [0.15, 0.2) is 20.6 Å². The predicted molar refractivity (Wildman–Crippen MR) is 100 cm³/mol. The predicted octanol–water partition coefficient (Wildman–Crippen LogP) is 5.12. The molecule has 0 rings (SSSR count). The van der Waals surface area contributed by atoms with Gasteiger partial charge < -0.3 is 0 Å². The summed E-state index contributed by atoms with van der Waals surface area (Å²) in [6.07, 6.45) is 0. The van der Waals surface area contributed by atoms with Crippen molar-refractivity contribution in [1.29, 1.82) is 0 Å². The SMILES string of the molecule is CC(C)=C(C)C(C)=[C](C)[Ti]([CH3])([CH3])(=[SiH2])[NH]C(C)(C)C.Cl.Cl. The molecule has 0 fully saturated rings. The van der Waals surface area contributed by atoms with Gasteiger partial charge in [0.2, 0.25) is 0 Å². The van der Waals surface area contributed by atoms with Crippen molar-refractivity contribution in [3.05, 3.63) is 20.6 Å². The van der Waals surface area contributed by atoms with Crippen molar-refractivity contribution in [2.45, 2.75) is 71.4 Å². The minimum Gasteiger partial charge on any atom is -0.147 e. The molecule has 0 bridgehead atoms. The first-order valence-corrected chi connectivity index (χ1v) is 15.6. The van der Waals surface area contributed by atoms with E-state index in [0.29, 0.717) is 0 Å². The van der Waals surface area contributed by atoms with Crippen LogP contribution in [0.4, 0.5) is 0 Å². The maximum absolute atomic E-state index is 3.97.